The molecule has 0 saturated heterocycles. The fourth-order valence-electron chi connectivity index (χ4n) is 2.33. The predicted molar refractivity (Wildman–Crippen MR) is 87.4 cm³/mol. The highest BCUT2D eigenvalue weighted by atomic mass is 35.5. The van der Waals surface area contributed by atoms with Crippen LogP contribution in [0.4, 0.5) is 5.69 Å². The van der Waals surface area contributed by atoms with Gasteiger partial charge in [0.25, 0.3) is 11.6 Å². The highest BCUT2D eigenvalue weighted by molar-refractivity contribution is 6.36. The summed E-state index contributed by atoms with van der Waals surface area (Å²) in [6.45, 7) is 0. The highest BCUT2D eigenvalue weighted by Crippen LogP contribution is 2.31. The quantitative estimate of drug-likeness (QED) is 0.587. The van der Waals surface area contributed by atoms with Crippen molar-refractivity contribution in [2.75, 3.05) is 0 Å². The molecule has 23 heavy (non-hydrogen) atoms. The zero-order valence-corrected chi connectivity index (χ0v) is 12.4. The van der Waals surface area contributed by atoms with Crippen molar-refractivity contribution >= 4 is 34.1 Å². The van der Waals surface area contributed by atoms with Gasteiger partial charge in [0, 0.05) is 23.1 Å². The maximum atomic E-state index is 11.6. The third-order valence-electron chi connectivity index (χ3n) is 3.41. The van der Waals surface area contributed by atoms with E-state index in [9.17, 15) is 14.9 Å². The Morgan fingerprint density at radius 2 is 1.91 bits per heavy atom. The number of para-hydroxylation sites is 1. The summed E-state index contributed by atoms with van der Waals surface area (Å²) in [4.78, 5) is 26.4. The number of hydrogen-bond donors (Lipinski definition) is 1. The van der Waals surface area contributed by atoms with Gasteiger partial charge in [0.1, 0.15) is 0 Å². The van der Waals surface area contributed by atoms with Crippen molar-refractivity contribution in [2.45, 2.75) is 0 Å². The van der Waals surface area contributed by atoms with Gasteiger partial charge < -0.3 is 5.73 Å². The van der Waals surface area contributed by atoms with Crippen LogP contribution >= 0.6 is 11.6 Å². The summed E-state index contributed by atoms with van der Waals surface area (Å²) in [5.74, 6) is -0.615. The van der Waals surface area contributed by atoms with Crippen LogP contribution in [0.5, 0.6) is 0 Å². The van der Waals surface area contributed by atoms with Crippen LogP contribution in [0.1, 0.15) is 10.4 Å². The maximum absolute atomic E-state index is 11.6. The lowest BCUT2D eigenvalue weighted by atomic mass is 10.1. The Kier molecular flexibility index (Phi) is 3.67. The molecule has 0 unspecified atom stereocenters. The lowest BCUT2D eigenvalue weighted by Gasteiger charge is -2.08. The Labute approximate surface area is 135 Å². The van der Waals surface area contributed by atoms with Crippen LogP contribution in [0, 0.1) is 10.1 Å². The summed E-state index contributed by atoms with van der Waals surface area (Å²) in [6, 6.07) is 12.6. The summed E-state index contributed by atoms with van der Waals surface area (Å²) >= 11 is 6.27. The summed E-state index contributed by atoms with van der Waals surface area (Å²) in [5.41, 5.74) is 6.90. The number of carbonyl (C=O) groups is 1. The van der Waals surface area contributed by atoms with Crippen molar-refractivity contribution in [3.8, 4) is 11.3 Å². The number of nitrogens with two attached hydrogens (primary N) is 1. The number of benzene rings is 2. The number of nitro groups is 1. The zero-order valence-electron chi connectivity index (χ0n) is 11.7. The molecule has 1 aromatic heterocycles. The predicted octanol–water partition coefficient (Wildman–Crippen LogP) is 3.56. The molecule has 6 nitrogen and oxygen atoms in total. The van der Waals surface area contributed by atoms with Gasteiger partial charge in [-0.25, -0.2) is 4.98 Å². The lowest BCUT2D eigenvalue weighted by Crippen LogP contribution is -2.12. The standard InChI is InChI=1S/C16H10ClN3O3/c17-13-8-14(9-3-1-4-10(7-9)20(22)23)19-15-11(13)5-2-6-12(15)16(18)21/h1-8H,(H2,18,21). The summed E-state index contributed by atoms with van der Waals surface area (Å²) < 4.78 is 0. The second kappa shape index (κ2) is 5.66. The number of aromatic nitrogens is 1. The van der Waals surface area contributed by atoms with E-state index in [0.717, 1.165) is 0 Å². The van der Waals surface area contributed by atoms with Gasteiger partial charge in [-0.3, -0.25) is 14.9 Å². The molecule has 0 atom stereocenters. The van der Waals surface area contributed by atoms with Crippen LogP contribution in [-0.2, 0) is 0 Å². The first kappa shape index (κ1) is 14.9. The van der Waals surface area contributed by atoms with Crippen molar-refractivity contribution in [1.82, 2.24) is 4.98 Å². The Morgan fingerprint density at radius 1 is 1.17 bits per heavy atom. The molecule has 3 rings (SSSR count). The van der Waals surface area contributed by atoms with Gasteiger partial charge in [0.2, 0.25) is 0 Å². The third kappa shape index (κ3) is 2.72. The number of fused-ring (bicyclic) bond motifs is 1. The molecule has 0 spiro atoms. The Hall–Kier alpha value is -2.99. The van der Waals surface area contributed by atoms with Crippen molar-refractivity contribution in [1.29, 1.82) is 0 Å². The molecule has 0 aliphatic carbocycles. The second-order valence-electron chi connectivity index (χ2n) is 4.86. The minimum Gasteiger partial charge on any atom is -0.366 e. The third-order valence-corrected chi connectivity index (χ3v) is 3.72. The van der Waals surface area contributed by atoms with E-state index >= 15 is 0 Å². The van der Waals surface area contributed by atoms with E-state index in [4.69, 9.17) is 17.3 Å². The minimum absolute atomic E-state index is 0.0521. The number of hydrogen-bond acceptors (Lipinski definition) is 4. The van der Waals surface area contributed by atoms with E-state index in [1.54, 1.807) is 36.4 Å². The van der Waals surface area contributed by atoms with E-state index in [0.29, 0.717) is 27.2 Å². The van der Waals surface area contributed by atoms with Crippen molar-refractivity contribution < 1.29 is 9.72 Å². The van der Waals surface area contributed by atoms with Gasteiger partial charge in [0.05, 0.1) is 26.7 Å². The molecular weight excluding hydrogens is 318 g/mol. The largest absolute Gasteiger partial charge is 0.366 e. The van der Waals surface area contributed by atoms with E-state index in [1.807, 2.05) is 0 Å². The van der Waals surface area contributed by atoms with Crippen LogP contribution in [-0.4, -0.2) is 15.8 Å². The number of halogens is 1. The number of carbonyl (C=O) groups excluding carboxylic acids is 1. The van der Waals surface area contributed by atoms with E-state index in [-0.39, 0.29) is 11.3 Å². The SMILES string of the molecule is NC(=O)c1cccc2c(Cl)cc(-c3cccc([N+](=O)[O-])c3)nc12. The number of nitrogens with zero attached hydrogens (tertiary/aromatic N) is 2. The molecule has 0 radical (unpaired) electrons. The van der Waals surface area contributed by atoms with Gasteiger partial charge >= 0.3 is 0 Å². The van der Waals surface area contributed by atoms with Crippen molar-refractivity contribution in [2.24, 2.45) is 5.73 Å². The maximum Gasteiger partial charge on any atom is 0.270 e. The lowest BCUT2D eigenvalue weighted by molar-refractivity contribution is -0.384. The molecule has 1 amide bonds. The monoisotopic (exact) mass is 327 g/mol. The molecule has 0 aliphatic rings. The second-order valence-corrected chi connectivity index (χ2v) is 5.27. The molecule has 2 aromatic carbocycles. The van der Waals surface area contributed by atoms with Crippen LogP contribution in [0.3, 0.4) is 0 Å². The van der Waals surface area contributed by atoms with Crippen LogP contribution < -0.4 is 5.73 Å². The van der Waals surface area contributed by atoms with Crippen molar-refractivity contribution in [3.63, 3.8) is 0 Å². The number of rotatable bonds is 3. The topological polar surface area (TPSA) is 99.1 Å². The average molecular weight is 328 g/mol. The van der Waals surface area contributed by atoms with Gasteiger partial charge in [0.15, 0.2) is 0 Å². The molecule has 7 heteroatoms. The van der Waals surface area contributed by atoms with E-state index < -0.39 is 10.8 Å². The number of primary amides is 1. The number of non-ortho nitro benzene ring substituents is 1. The number of amides is 1. The van der Waals surface area contributed by atoms with Gasteiger partial charge in [-0.05, 0) is 12.1 Å². The molecule has 2 N–H and O–H groups in total. The molecule has 1 heterocycles. The van der Waals surface area contributed by atoms with Crippen LogP contribution in [0.25, 0.3) is 22.2 Å². The molecule has 0 aliphatic heterocycles. The molecule has 114 valence electrons. The summed E-state index contributed by atoms with van der Waals surface area (Å²) in [7, 11) is 0. The van der Waals surface area contributed by atoms with Gasteiger partial charge in [-0.2, -0.15) is 0 Å². The van der Waals surface area contributed by atoms with E-state index in [1.165, 1.54) is 12.1 Å². The van der Waals surface area contributed by atoms with E-state index in [2.05, 4.69) is 4.98 Å². The van der Waals surface area contributed by atoms with Crippen LogP contribution in [0.15, 0.2) is 48.5 Å². The normalized spacial score (nSPS) is 10.7. The Balaban J connectivity index is 2.27. The number of pyridine rings is 1. The molecular formula is C16H10ClN3O3. The summed E-state index contributed by atoms with van der Waals surface area (Å²) in [6.07, 6.45) is 0. The Morgan fingerprint density at radius 3 is 2.61 bits per heavy atom. The fraction of sp³-hybridized carbons (Fsp3) is 0. The fourth-order valence-corrected chi connectivity index (χ4v) is 2.59. The first-order chi connectivity index (χ1) is 11.0. The first-order valence-electron chi connectivity index (χ1n) is 6.61. The van der Waals surface area contributed by atoms with Crippen molar-refractivity contribution in [3.05, 3.63) is 69.2 Å². The van der Waals surface area contributed by atoms with Gasteiger partial charge in [-0.15, -0.1) is 0 Å². The minimum atomic E-state index is -0.615. The molecule has 0 fully saturated rings. The van der Waals surface area contributed by atoms with Crippen LogP contribution in [0.2, 0.25) is 5.02 Å². The van der Waals surface area contributed by atoms with Gasteiger partial charge in [-0.1, -0.05) is 35.9 Å². The molecule has 0 bridgehead atoms. The zero-order chi connectivity index (χ0) is 16.6. The summed E-state index contributed by atoms with van der Waals surface area (Å²) in [5, 5.41) is 11.9. The highest BCUT2D eigenvalue weighted by Gasteiger charge is 2.14. The molecule has 3 aromatic rings. The molecule has 0 saturated carbocycles. The number of nitro benzene ring substituents is 1. The Bertz CT molecular complexity index is 956. The average Bonchev–Trinajstić information content (AvgIpc) is 2.54. The first-order valence-corrected chi connectivity index (χ1v) is 6.99. The smallest absolute Gasteiger partial charge is 0.270 e.